The summed E-state index contributed by atoms with van der Waals surface area (Å²) in [7, 11) is 3.64. The highest BCUT2D eigenvalue weighted by Gasteiger charge is 2.06. The van der Waals surface area contributed by atoms with Crippen molar-refractivity contribution in [3.05, 3.63) is 65.5 Å². The van der Waals surface area contributed by atoms with Crippen LogP contribution in [0.2, 0.25) is 0 Å². The van der Waals surface area contributed by atoms with Crippen molar-refractivity contribution in [2.75, 3.05) is 27.2 Å². The third-order valence-electron chi connectivity index (χ3n) is 3.62. The van der Waals surface area contributed by atoms with Gasteiger partial charge in [0.25, 0.3) is 0 Å². The molecule has 0 saturated heterocycles. The van der Waals surface area contributed by atoms with Crippen LogP contribution in [0.5, 0.6) is 5.75 Å². The molecule has 0 amide bonds. The van der Waals surface area contributed by atoms with Gasteiger partial charge < -0.3 is 15.0 Å². The van der Waals surface area contributed by atoms with Gasteiger partial charge in [-0.2, -0.15) is 5.26 Å². The van der Waals surface area contributed by atoms with E-state index in [1.165, 1.54) is 12.1 Å². The van der Waals surface area contributed by atoms with Gasteiger partial charge in [-0.1, -0.05) is 12.1 Å². The van der Waals surface area contributed by atoms with Crippen molar-refractivity contribution in [1.29, 1.82) is 5.26 Å². The second-order valence-corrected chi connectivity index (χ2v) is 5.43. The number of likely N-dealkylation sites (N-methyl/N-ethyl adjacent to an activating group) is 1. The molecule has 0 fully saturated rings. The molecule has 26 heavy (non-hydrogen) atoms. The van der Waals surface area contributed by atoms with Crippen molar-refractivity contribution in [1.82, 2.24) is 10.2 Å². The average Bonchev–Trinajstić information content (AvgIpc) is 2.64. The molecule has 138 valence electrons. The molecule has 0 aromatic heterocycles. The topological polar surface area (TPSA) is 60.7 Å². The molecule has 0 radical (unpaired) electrons. The Morgan fingerprint density at radius 2 is 1.85 bits per heavy atom. The van der Waals surface area contributed by atoms with Gasteiger partial charge in [-0.05, 0) is 42.0 Å². The first-order valence-electron chi connectivity index (χ1n) is 7.91. The zero-order valence-electron chi connectivity index (χ0n) is 14.8. The molecule has 0 bridgehead atoms. The number of guanidine groups is 1. The number of nitrogens with zero attached hydrogens (tertiary/aromatic N) is 3. The molecule has 0 unspecified atom stereocenters. The summed E-state index contributed by atoms with van der Waals surface area (Å²) in [5, 5.41) is 12.1. The van der Waals surface area contributed by atoms with Crippen molar-refractivity contribution in [3.8, 4) is 11.8 Å². The van der Waals surface area contributed by atoms with E-state index in [1.54, 1.807) is 31.3 Å². The molecule has 5 nitrogen and oxygen atoms in total. The summed E-state index contributed by atoms with van der Waals surface area (Å²) in [6, 6.07) is 15.5. The Morgan fingerprint density at radius 1 is 1.19 bits per heavy atom. The zero-order chi connectivity index (χ0) is 18.1. The van der Waals surface area contributed by atoms with Crippen LogP contribution in [0.15, 0.2) is 53.5 Å². The predicted molar refractivity (Wildman–Crippen MR) is 111 cm³/mol. The molecule has 2 aromatic rings. The normalized spacial score (nSPS) is 10.5. The van der Waals surface area contributed by atoms with Gasteiger partial charge in [-0.15, -0.1) is 24.0 Å². The van der Waals surface area contributed by atoms with Crippen molar-refractivity contribution in [2.45, 2.75) is 6.54 Å². The van der Waals surface area contributed by atoms with E-state index in [4.69, 9.17) is 10.00 Å². The number of halogens is 2. The van der Waals surface area contributed by atoms with Crippen LogP contribution in [0, 0.1) is 17.1 Å². The molecule has 2 aromatic carbocycles. The van der Waals surface area contributed by atoms with Crippen LogP contribution in [0.25, 0.3) is 0 Å². The molecule has 0 aliphatic rings. The van der Waals surface area contributed by atoms with E-state index in [9.17, 15) is 4.39 Å². The number of ether oxygens (including phenoxy) is 1. The lowest BCUT2D eigenvalue weighted by atomic mass is 10.1. The minimum atomic E-state index is -0.281. The predicted octanol–water partition coefficient (Wildman–Crippen LogP) is 3.40. The van der Waals surface area contributed by atoms with Gasteiger partial charge in [-0.25, -0.2) is 4.39 Å². The van der Waals surface area contributed by atoms with E-state index < -0.39 is 0 Å². The second-order valence-electron chi connectivity index (χ2n) is 5.43. The number of nitriles is 1. The number of benzene rings is 2. The Hall–Kier alpha value is -2.34. The van der Waals surface area contributed by atoms with E-state index in [2.05, 4.69) is 16.4 Å². The van der Waals surface area contributed by atoms with Crippen LogP contribution in [-0.4, -0.2) is 38.1 Å². The van der Waals surface area contributed by atoms with Gasteiger partial charge in [0.1, 0.15) is 18.2 Å². The van der Waals surface area contributed by atoms with Crippen LogP contribution in [-0.2, 0) is 6.54 Å². The largest absolute Gasteiger partial charge is 0.492 e. The molecule has 0 spiro atoms. The third-order valence-corrected chi connectivity index (χ3v) is 3.62. The monoisotopic (exact) mass is 468 g/mol. The lowest BCUT2D eigenvalue weighted by molar-refractivity contribution is 0.281. The van der Waals surface area contributed by atoms with Crippen LogP contribution in [0.3, 0.4) is 0 Å². The highest BCUT2D eigenvalue weighted by atomic mass is 127. The summed E-state index contributed by atoms with van der Waals surface area (Å²) < 4.78 is 18.4. The summed E-state index contributed by atoms with van der Waals surface area (Å²) in [6.07, 6.45) is 0. The summed E-state index contributed by atoms with van der Waals surface area (Å²) in [5.74, 6) is 1.10. The van der Waals surface area contributed by atoms with Crippen molar-refractivity contribution >= 4 is 29.9 Å². The molecule has 0 aliphatic heterocycles. The van der Waals surface area contributed by atoms with Gasteiger partial charge >= 0.3 is 0 Å². The molecule has 0 saturated carbocycles. The third kappa shape index (κ3) is 6.88. The first-order chi connectivity index (χ1) is 12.1. The van der Waals surface area contributed by atoms with Gasteiger partial charge in [0.05, 0.1) is 18.2 Å². The Kier molecular flexibility index (Phi) is 9.44. The number of aliphatic imine (C=N–C) groups is 1. The molecule has 7 heteroatoms. The van der Waals surface area contributed by atoms with E-state index in [1.807, 2.05) is 24.1 Å². The standard InChI is InChI=1S/C19H21FN4O.HI/c1-22-19(23-14-16-5-3-15(13-21)4-6-16)24(2)11-12-25-18-9-7-17(20)8-10-18;/h3-10H,11-12,14H2,1-2H3,(H,22,23);1H. The summed E-state index contributed by atoms with van der Waals surface area (Å²) in [4.78, 5) is 6.20. The van der Waals surface area contributed by atoms with E-state index >= 15 is 0 Å². The zero-order valence-corrected chi connectivity index (χ0v) is 17.1. The maximum Gasteiger partial charge on any atom is 0.193 e. The van der Waals surface area contributed by atoms with Crippen LogP contribution in [0.4, 0.5) is 4.39 Å². The van der Waals surface area contributed by atoms with Crippen LogP contribution >= 0.6 is 24.0 Å². The van der Waals surface area contributed by atoms with E-state index in [0.29, 0.717) is 31.0 Å². The average molecular weight is 468 g/mol. The SMILES string of the molecule is CN=C(NCc1ccc(C#N)cc1)N(C)CCOc1ccc(F)cc1.I. The van der Waals surface area contributed by atoms with E-state index in [-0.39, 0.29) is 29.8 Å². The van der Waals surface area contributed by atoms with Gasteiger partial charge in [0.2, 0.25) is 0 Å². The molecular weight excluding hydrogens is 446 g/mol. The fourth-order valence-electron chi connectivity index (χ4n) is 2.20. The lowest BCUT2D eigenvalue weighted by Gasteiger charge is -2.22. The van der Waals surface area contributed by atoms with Gasteiger partial charge in [-0.3, -0.25) is 4.99 Å². The fourth-order valence-corrected chi connectivity index (χ4v) is 2.20. The molecule has 0 aliphatic carbocycles. The minimum absolute atomic E-state index is 0. The summed E-state index contributed by atoms with van der Waals surface area (Å²) >= 11 is 0. The highest BCUT2D eigenvalue weighted by Crippen LogP contribution is 2.10. The quantitative estimate of drug-likeness (QED) is 0.401. The molecular formula is C19H22FIN4O. The highest BCUT2D eigenvalue weighted by molar-refractivity contribution is 14.0. The van der Waals surface area contributed by atoms with Crippen molar-refractivity contribution < 1.29 is 9.13 Å². The fraction of sp³-hybridized carbons (Fsp3) is 0.263. The molecule has 0 heterocycles. The Labute approximate surface area is 170 Å². The molecule has 0 atom stereocenters. The number of hydrogen-bond acceptors (Lipinski definition) is 3. The van der Waals surface area contributed by atoms with Crippen LogP contribution < -0.4 is 10.1 Å². The van der Waals surface area contributed by atoms with Crippen molar-refractivity contribution in [2.24, 2.45) is 4.99 Å². The lowest BCUT2D eigenvalue weighted by Crippen LogP contribution is -2.40. The second kappa shape index (κ2) is 11.3. The van der Waals surface area contributed by atoms with Crippen LogP contribution in [0.1, 0.15) is 11.1 Å². The summed E-state index contributed by atoms with van der Waals surface area (Å²) in [6.45, 7) is 1.70. The Bertz CT molecular complexity index is 742. The maximum absolute atomic E-state index is 12.9. The Balaban J connectivity index is 0.00000338. The Morgan fingerprint density at radius 3 is 2.42 bits per heavy atom. The number of hydrogen-bond donors (Lipinski definition) is 1. The van der Waals surface area contributed by atoms with E-state index in [0.717, 1.165) is 11.5 Å². The first-order valence-corrected chi connectivity index (χ1v) is 7.91. The maximum atomic E-state index is 12.9. The summed E-state index contributed by atoms with van der Waals surface area (Å²) in [5.41, 5.74) is 1.71. The van der Waals surface area contributed by atoms with Gasteiger partial charge in [0, 0.05) is 20.6 Å². The number of nitrogens with one attached hydrogen (secondary N) is 1. The smallest absolute Gasteiger partial charge is 0.193 e. The minimum Gasteiger partial charge on any atom is -0.492 e. The number of rotatable bonds is 6. The van der Waals surface area contributed by atoms with Gasteiger partial charge in [0.15, 0.2) is 5.96 Å². The first kappa shape index (κ1) is 21.7. The molecule has 2 rings (SSSR count). The molecule has 1 N–H and O–H groups in total. The van der Waals surface area contributed by atoms with Crippen molar-refractivity contribution in [3.63, 3.8) is 0 Å².